The van der Waals surface area contributed by atoms with Gasteiger partial charge in [0.25, 0.3) is 5.91 Å². The number of ether oxygens (including phenoxy) is 1. The fourth-order valence-corrected chi connectivity index (χ4v) is 2.75. The number of methoxy groups -OCH3 is 1. The Morgan fingerprint density at radius 2 is 1.96 bits per heavy atom. The lowest BCUT2D eigenvalue weighted by Crippen LogP contribution is -2.27. The number of carbonyl (C=O) groups is 1. The van der Waals surface area contributed by atoms with E-state index in [0.29, 0.717) is 12.2 Å². The van der Waals surface area contributed by atoms with Crippen LogP contribution in [0.1, 0.15) is 16.1 Å². The van der Waals surface area contributed by atoms with Crippen molar-refractivity contribution >= 4 is 16.8 Å². The first-order chi connectivity index (χ1) is 11.2. The number of nitrogens with one attached hydrogen (secondary N) is 1. The number of nitrogens with zero attached hydrogens (tertiary/aromatic N) is 1. The van der Waals surface area contributed by atoms with Gasteiger partial charge in [-0.25, -0.2) is 0 Å². The van der Waals surface area contributed by atoms with Crippen molar-refractivity contribution in [3.8, 4) is 5.75 Å². The Hall–Kier alpha value is -2.75. The highest BCUT2D eigenvalue weighted by Crippen LogP contribution is 2.18. The van der Waals surface area contributed by atoms with Crippen LogP contribution < -0.4 is 10.1 Å². The third-order valence-corrected chi connectivity index (χ3v) is 4.02. The number of benzene rings is 2. The van der Waals surface area contributed by atoms with Gasteiger partial charge in [-0.15, -0.1) is 0 Å². The van der Waals surface area contributed by atoms with E-state index in [1.54, 1.807) is 7.11 Å². The fraction of sp³-hybridized carbons (Fsp3) is 0.211. The molecular formula is C19H20N2O2. The summed E-state index contributed by atoms with van der Waals surface area (Å²) < 4.78 is 7.14. The first kappa shape index (κ1) is 15.2. The van der Waals surface area contributed by atoms with E-state index in [-0.39, 0.29) is 5.91 Å². The van der Waals surface area contributed by atoms with Gasteiger partial charge in [0.05, 0.1) is 7.11 Å². The van der Waals surface area contributed by atoms with Gasteiger partial charge in [-0.3, -0.25) is 4.79 Å². The molecule has 4 nitrogen and oxygen atoms in total. The van der Waals surface area contributed by atoms with Crippen LogP contribution in [-0.2, 0) is 13.5 Å². The predicted octanol–water partition coefficient (Wildman–Crippen LogP) is 3.16. The van der Waals surface area contributed by atoms with E-state index < -0.39 is 0 Å². The van der Waals surface area contributed by atoms with Crippen LogP contribution in [0.3, 0.4) is 0 Å². The standard InChI is InChI=1S/C19H20N2O2/c1-21-17-9-4-3-7-15(17)13-18(21)19(22)20-11-10-14-6-5-8-16(12-14)23-2/h3-9,12-13H,10-11H2,1-2H3,(H,20,22). The first-order valence-electron chi connectivity index (χ1n) is 7.64. The molecule has 0 fully saturated rings. The Morgan fingerprint density at radius 1 is 1.13 bits per heavy atom. The van der Waals surface area contributed by atoms with E-state index in [1.807, 2.05) is 66.2 Å². The number of amides is 1. The van der Waals surface area contributed by atoms with Gasteiger partial charge < -0.3 is 14.6 Å². The predicted molar refractivity (Wildman–Crippen MR) is 92.0 cm³/mol. The Kier molecular flexibility index (Phi) is 4.33. The summed E-state index contributed by atoms with van der Waals surface area (Å²) in [7, 11) is 3.57. The zero-order valence-electron chi connectivity index (χ0n) is 13.4. The van der Waals surface area contributed by atoms with Crippen LogP contribution >= 0.6 is 0 Å². The largest absolute Gasteiger partial charge is 0.497 e. The lowest BCUT2D eigenvalue weighted by Gasteiger charge is -2.07. The van der Waals surface area contributed by atoms with Gasteiger partial charge in [0, 0.05) is 24.5 Å². The van der Waals surface area contributed by atoms with Gasteiger partial charge >= 0.3 is 0 Å². The minimum Gasteiger partial charge on any atom is -0.497 e. The van der Waals surface area contributed by atoms with E-state index in [4.69, 9.17) is 4.74 Å². The van der Waals surface area contributed by atoms with E-state index in [2.05, 4.69) is 5.32 Å². The zero-order valence-corrected chi connectivity index (χ0v) is 13.4. The topological polar surface area (TPSA) is 43.3 Å². The molecule has 1 aromatic heterocycles. The molecule has 0 atom stereocenters. The SMILES string of the molecule is COc1cccc(CCNC(=O)c2cc3ccccc3n2C)c1. The summed E-state index contributed by atoms with van der Waals surface area (Å²) in [5.74, 6) is 0.786. The molecule has 0 bridgehead atoms. The van der Waals surface area contributed by atoms with Crippen LogP contribution in [0.15, 0.2) is 54.6 Å². The minimum absolute atomic E-state index is 0.0494. The lowest BCUT2D eigenvalue weighted by atomic mass is 10.1. The normalized spacial score (nSPS) is 10.7. The smallest absolute Gasteiger partial charge is 0.267 e. The molecule has 0 saturated heterocycles. The Labute approximate surface area is 135 Å². The summed E-state index contributed by atoms with van der Waals surface area (Å²) in [5.41, 5.74) is 2.88. The molecule has 1 N–H and O–H groups in total. The van der Waals surface area contributed by atoms with E-state index >= 15 is 0 Å². The summed E-state index contributed by atoms with van der Waals surface area (Å²) in [6.07, 6.45) is 0.771. The molecule has 0 spiro atoms. The number of rotatable bonds is 5. The number of fused-ring (bicyclic) bond motifs is 1. The highest BCUT2D eigenvalue weighted by atomic mass is 16.5. The molecule has 0 radical (unpaired) electrons. The summed E-state index contributed by atoms with van der Waals surface area (Å²) in [6, 6.07) is 17.8. The molecule has 1 heterocycles. The molecule has 0 aliphatic heterocycles. The number of hydrogen-bond acceptors (Lipinski definition) is 2. The maximum atomic E-state index is 12.4. The molecule has 4 heteroatoms. The van der Waals surface area contributed by atoms with Crippen molar-refractivity contribution in [3.63, 3.8) is 0 Å². The molecule has 118 valence electrons. The quantitative estimate of drug-likeness (QED) is 0.787. The molecule has 0 unspecified atom stereocenters. The molecule has 23 heavy (non-hydrogen) atoms. The zero-order chi connectivity index (χ0) is 16.2. The van der Waals surface area contributed by atoms with Crippen molar-refractivity contribution in [3.05, 3.63) is 65.9 Å². The molecule has 0 saturated carbocycles. The van der Waals surface area contributed by atoms with E-state index in [9.17, 15) is 4.79 Å². The molecule has 0 aliphatic rings. The summed E-state index contributed by atoms with van der Waals surface area (Å²) >= 11 is 0. The highest BCUT2D eigenvalue weighted by Gasteiger charge is 2.12. The average molecular weight is 308 g/mol. The third-order valence-electron chi connectivity index (χ3n) is 4.02. The van der Waals surface area contributed by atoms with Crippen molar-refractivity contribution in [2.24, 2.45) is 7.05 Å². The lowest BCUT2D eigenvalue weighted by molar-refractivity contribution is 0.0946. The molecule has 3 aromatic rings. The van der Waals surface area contributed by atoms with Crippen LogP contribution in [-0.4, -0.2) is 24.1 Å². The number of para-hydroxylation sites is 1. The molecular weight excluding hydrogens is 288 g/mol. The minimum atomic E-state index is -0.0494. The Morgan fingerprint density at radius 3 is 2.74 bits per heavy atom. The fourth-order valence-electron chi connectivity index (χ4n) is 2.75. The second-order valence-electron chi connectivity index (χ2n) is 5.50. The van der Waals surface area contributed by atoms with Gasteiger partial charge in [-0.2, -0.15) is 0 Å². The van der Waals surface area contributed by atoms with Gasteiger partial charge in [0.15, 0.2) is 0 Å². The molecule has 1 amide bonds. The van der Waals surface area contributed by atoms with Crippen molar-refractivity contribution in [1.82, 2.24) is 9.88 Å². The number of aryl methyl sites for hydroxylation is 1. The average Bonchev–Trinajstić information content (AvgIpc) is 2.92. The van der Waals surface area contributed by atoms with Crippen LogP contribution in [0.4, 0.5) is 0 Å². The molecule has 3 rings (SSSR count). The summed E-state index contributed by atoms with van der Waals surface area (Å²) in [6.45, 7) is 0.591. The monoisotopic (exact) mass is 308 g/mol. The number of aromatic nitrogens is 1. The van der Waals surface area contributed by atoms with Crippen molar-refractivity contribution in [1.29, 1.82) is 0 Å². The van der Waals surface area contributed by atoms with Gasteiger partial charge in [-0.1, -0.05) is 30.3 Å². The van der Waals surface area contributed by atoms with Crippen LogP contribution in [0.5, 0.6) is 5.75 Å². The maximum Gasteiger partial charge on any atom is 0.267 e. The first-order valence-corrected chi connectivity index (χ1v) is 7.64. The second-order valence-corrected chi connectivity index (χ2v) is 5.50. The van der Waals surface area contributed by atoms with Crippen molar-refractivity contribution < 1.29 is 9.53 Å². The van der Waals surface area contributed by atoms with Crippen LogP contribution in [0, 0.1) is 0 Å². The van der Waals surface area contributed by atoms with Gasteiger partial charge in [0.1, 0.15) is 11.4 Å². The van der Waals surface area contributed by atoms with Gasteiger partial charge in [-0.05, 0) is 36.2 Å². The second kappa shape index (κ2) is 6.57. The number of hydrogen-bond donors (Lipinski definition) is 1. The Balaban J connectivity index is 1.65. The van der Waals surface area contributed by atoms with E-state index in [1.165, 1.54) is 0 Å². The van der Waals surface area contributed by atoms with E-state index in [0.717, 1.165) is 28.6 Å². The maximum absolute atomic E-state index is 12.4. The summed E-state index contributed by atoms with van der Waals surface area (Å²) in [4.78, 5) is 12.4. The van der Waals surface area contributed by atoms with Crippen LogP contribution in [0.25, 0.3) is 10.9 Å². The van der Waals surface area contributed by atoms with Crippen molar-refractivity contribution in [2.75, 3.05) is 13.7 Å². The molecule has 2 aromatic carbocycles. The van der Waals surface area contributed by atoms with Crippen LogP contribution in [0.2, 0.25) is 0 Å². The molecule has 0 aliphatic carbocycles. The highest BCUT2D eigenvalue weighted by molar-refractivity contribution is 5.98. The van der Waals surface area contributed by atoms with Gasteiger partial charge in [0.2, 0.25) is 0 Å². The number of carbonyl (C=O) groups excluding carboxylic acids is 1. The van der Waals surface area contributed by atoms with Crippen molar-refractivity contribution in [2.45, 2.75) is 6.42 Å². The third kappa shape index (κ3) is 3.21. The Bertz CT molecular complexity index is 836. The summed E-state index contributed by atoms with van der Waals surface area (Å²) in [5, 5.41) is 4.06.